The van der Waals surface area contributed by atoms with Gasteiger partial charge in [0.25, 0.3) is 0 Å². The number of hydrogen-bond donors (Lipinski definition) is 1. The molecule has 0 spiro atoms. The molecule has 2 rings (SSSR count). The number of rotatable bonds is 3. The van der Waals surface area contributed by atoms with Crippen LogP contribution >= 0.6 is 0 Å². The molecular formula is C14H24N4. The third kappa shape index (κ3) is 3.06. The van der Waals surface area contributed by atoms with Gasteiger partial charge in [0.2, 0.25) is 0 Å². The fraction of sp³-hybridized carbons (Fsp3) is 0.714. The van der Waals surface area contributed by atoms with Gasteiger partial charge in [-0.25, -0.2) is 9.97 Å². The molecule has 4 nitrogen and oxygen atoms in total. The van der Waals surface area contributed by atoms with Crippen LogP contribution in [0, 0.1) is 5.41 Å². The van der Waals surface area contributed by atoms with Crippen molar-refractivity contribution in [3.63, 3.8) is 0 Å². The summed E-state index contributed by atoms with van der Waals surface area (Å²) in [5.74, 6) is 0.937. The zero-order chi connectivity index (χ0) is 13.3. The average molecular weight is 248 g/mol. The third-order valence-corrected chi connectivity index (χ3v) is 3.55. The summed E-state index contributed by atoms with van der Waals surface area (Å²) in [6.07, 6.45) is 4.86. The van der Waals surface area contributed by atoms with E-state index in [0.29, 0.717) is 0 Å². The quantitative estimate of drug-likeness (QED) is 0.882. The number of nitrogens with zero attached hydrogens (tertiary/aromatic N) is 3. The van der Waals surface area contributed by atoms with Crippen LogP contribution in [0.3, 0.4) is 0 Å². The molecule has 0 saturated carbocycles. The molecule has 0 fully saturated rings. The van der Waals surface area contributed by atoms with Crippen LogP contribution in [-0.2, 0) is 12.8 Å². The maximum absolute atomic E-state index is 6.21. The van der Waals surface area contributed by atoms with E-state index < -0.39 is 0 Å². The molecule has 0 radical (unpaired) electrons. The van der Waals surface area contributed by atoms with Crippen molar-refractivity contribution in [1.82, 2.24) is 14.9 Å². The van der Waals surface area contributed by atoms with E-state index >= 15 is 0 Å². The molecule has 1 unspecified atom stereocenters. The number of aromatic nitrogens is 2. The zero-order valence-corrected chi connectivity index (χ0v) is 11.9. The van der Waals surface area contributed by atoms with Crippen molar-refractivity contribution in [2.24, 2.45) is 11.1 Å². The second-order valence-electron chi connectivity index (χ2n) is 6.39. The number of hydrogen-bond acceptors (Lipinski definition) is 4. The minimum atomic E-state index is 0.0895. The van der Waals surface area contributed by atoms with Crippen LogP contribution in [-0.4, -0.2) is 35.5 Å². The van der Waals surface area contributed by atoms with Crippen LogP contribution in [0.1, 0.15) is 43.4 Å². The molecule has 18 heavy (non-hydrogen) atoms. The van der Waals surface area contributed by atoms with Gasteiger partial charge in [0, 0.05) is 36.5 Å². The van der Waals surface area contributed by atoms with Gasteiger partial charge < -0.3 is 10.6 Å². The predicted molar refractivity (Wildman–Crippen MR) is 73.3 cm³/mol. The molecule has 1 aromatic heterocycles. The Morgan fingerprint density at radius 2 is 2.17 bits per heavy atom. The third-order valence-electron chi connectivity index (χ3n) is 3.55. The first-order valence-corrected chi connectivity index (χ1v) is 6.62. The van der Waals surface area contributed by atoms with E-state index in [4.69, 9.17) is 10.7 Å². The first kappa shape index (κ1) is 13.4. The molecule has 1 heterocycles. The highest BCUT2D eigenvalue weighted by atomic mass is 15.1. The Hall–Kier alpha value is -1.00. The maximum Gasteiger partial charge on any atom is 0.129 e. The van der Waals surface area contributed by atoms with Crippen LogP contribution in [0.2, 0.25) is 0 Å². The monoisotopic (exact) mass is 248 g/mol. The molecule has 4 heteroatoms. The molecule has 0 aromatic carbocycles. The van der Waals surface area contributed by atoms with Crippen molar-refractivity contribution in [1.29, 1.82) is 0 Å². The summed E-state index contributed by atoms with van der Waals surface area (Å²) in [5.41, 5.74) is 8.75. The van der Waals surface area contributed by atoms with Crippen molar-refractivity contribution in [3.05, 3.63) is 23.3 Å². The lowest BCUT2D eigenvalue weighted by atomic mass is 9.74. The Labute approximate surface area is 110 Å². The van der Waals surface area contributed by atoms with Crippen molar-refractivity contribution < 1.29 is 0 Å². The van der Waals surface area contributed by atoms with E-state index in [2.05, 4.69) is 37.8 Å². The molecule has 0 saturated heterocycles. The van der Waals surface area contributed by atoms with Crippen molar-refractivity contribution in [2.75, 3.05) is 20.6 Å². The van der Waals surface area contributed by atoms with E-state index in [0.717, 1.165) is 42.9 Å². The fourth-order valence-electron chi connectivity index (χ4n) is 2.59. The van der Waals surface area contributed by atoms with Crippen LogP contribution < -0.4 is 5.73 Å². The summed E-state index contributed by atoms with van der Waals surface area (Å²) in [6, 6.07) is 0.0895. The van der Waals surface area contributed by atoms with Crippen LogP contribution in [0.25, 0.3) is 0 Å². The smallest absolute Gasteiger partial charge is 0.129 e. The Morgan fingerprint density at radius 3 is 2.83 bits per heavy atom. The first-order valence-electron chi connectivity index (χ1n) is 6.62. The van der Waals surface area contributed by atoms with Gasteiger partial charge in [-0.1, -0.05) is 13.8 Å². The van der Waals surface area contributed by atoms with Gasteiger partial charge in [0.05, 0.1) is 0 Å². The summed E-state index contributed by atoms with van der Waals surface area (Å²) >= 11 is 0. The minimum absolute atomic E-state index is 0.0895. The number of nitrogens with two attached hydrogens (primary N) is 1. The molecule has 100 valence electrons. The molecule has 1 atom stereocenters. The Morgan fingerprint density at radius 1 is 1.44 bits per heavy atom. The highest BCUT2D eigenvalue weighted by Gasteiger charge is 2.31. The van der Waals surface area contributed by atoms with Gasteiger partial charge in [0.15, 0.2) is 0 Å². The van der Waals surface area contributed by atoms with Gasteiger partial charge >= 0.3 is 0 Å². The van der Waals surface area contributed by atoms with Gasteiger partial charge in [-0.15, -0.1) is 0 Å². The summed E-state index contributed by atoms with van der Waals surface area (Å²) in [5, 5.41) is 0. The standard InChI is InChI=1S/C14H24N4/c1-14(2)7-11(15)10-9-16-13(5-6-18(3)4)17-12(10)8-14/h9,11H,5-8,15H2,1-4H3. The summed E-state index contributed by atoms with van der Waals surface area (Å²) in [6.45, 7) is 5.50. The van der Waals surface area contributed by atoms with Gasteiger partial charge in [-0.2, -0.15) is 0 Å². The minimum Gasteiger partial charge on any atom is -0.324 e. The molecule has 1 aromatic rings. The molecule has 0 aliphatic heterocycles. The van der Waals surface area contributed by atoms with E-state index in [1.807, 2.05) is 6.20 Å². The normalized spacial score (nSPS) is 22.0. The lowest BCUT2D eigenvalue weighted by Crippen LogP contribution is -2.31. The van der Waals surface area contributed by atoms with Crippen LogP contribution in [0.15, 0.2) is 6.20 Å². The van der Waals surface area contributed by atoms with Crippen molar-refractivity contribution in [2.45, 2.75) is 39.2 Å². The van der Waals surface area contributed by atoms with Gasteiger partial charge in [0.1, 0.15) is 5.82 Å². The second kappa shape index (κ2) is 4.94. The lowest BCUT2D eigenvalue weighted by Gasteiger charge is -2.34. The van der Waals surface area contributed by atoms with E-state index in [-0.39, 0.29) is 11.5 Å². The first-order chi connectivity index (χ1) is 8.37. The fourth-order valence-corrected chi connectivity index (χ4v) is 2.59. The largest absolute Gasteiger partial charge is 0.324 e. The summed E-state index contributed by atoms with van der Waals surface area (Å²) in [4.78, 5) is 11.3. The van der Waals surface area contributed by atoms with Crippen molar-refractivity contribution >= 4 is 0 Å². The Balaban J connectivity index is 2.20. The summed E-state index contributed by atoms with van der Waals surface area (Å²) in [7, 11) is 4.13. The van der Waals surface area contributed by atoms with E-state index in [9.17, 15) is 0 Å². The zero-order valence-electron chi connectivity index (χ0n) is 11.9. The molecule has 0 bridgehead atoms. The predicted octanol–water partition coefficient (Wildman–Crippen LogP) is 1.55. The molecule has 0 amide bonds. The van der Waals surface area contributed by atoms with Crippen LogP contribution in [0.5, 0.6) is 0 Å². The number of fused-ring (bicyclic) bond motifs is 1. The average Bonchev–Trinajstić information content (AvgIpc) is 2.24. The Bertz CT molecular complexity index is 426. The van der Waals surface area contributed by atoms with Gasteiger partial charge in [-0.3, -0.25) is 0 Å². The molecule has 2 N–H and O–H groups in total. The summed E-state index contributed by atoms with van der Waals surface area (Å²) < 4.78 is 0. The second-order valence-corrected chi connectivity index (χ2v) is 6.39. The molecule has 1 aliphatic carbocycles. The number of likely N-dealkylation sites (N-methyl/N-ethyl adjacent to an activating group) is 1. The highest BCUT2D eigenvalue weighted by molar-refractivity contribution is 5.26. The van der Waals surface area contributed by atoms with E-state index in [1.165, 1.54) is 0 Å². The van der Waals surface area contributed by atoms with Crippen molar-refractivity contribution in [3.8, 4) is 0 Å². The maximum atomic E-state index is 6.21. The topological polar surface area (TPSA) is 55.0 Å². The molecular weight excluding hydrogens is 224 g/mol. The lowest BCUT2D eigenvalue weighted by molar-refractivity contribution is 0.277. The van der Waals surface area contributed by atoms with Crippen LogP contribution in [0.4, 0.5) is 0 Å². The molecule has 1 aliphatic rings. The SMILES string of the molecule is CN(C)CCc1ncc2c(n1)CC(C)(C)CC2N. The van der Waals surface area contributed by atoms with E-state index in [1.54, 1.807) is 0 Å². The van der Waals surface area contributed by atoms with Gasteiger partial charge in [-0.05, 0) is 32.4 Å². The highest BCUT2D eigenvalue weighted by Crippen LogP contribution is 2.38. The Kier molecular flexibility index (Phi) is 3.69.